The molecule has 1 aliphatic heterocycles. The highest BCUT2D eigenvalue weighted by Crippen LogP contribution is 2.34. The number of hydrogen-bond donors (Lipinski definition) is 2. The number of nitrogens with zero attached hydrogens (tertiary/aromatic N) is 4. The van der Waals surface area contributed by atoms with E-state index >= 15 is 0 Å². The number of alkyl halides is 3. The van der Waals surface area contributed by atoms with Crippen molar-refractivity contribution < 1.29 is 28.0 Å². The molecule has 0 saturated carbocycles. The van der Waals surface area contributed by atoms with Crippen molar-refractivity contribution in [2.45, 2.75) is 31.3 Å². The van der Waals surface area contributed by atoms with Crippen molar-refractivity contribution >= 4 is 5.69 Å². The van der Waals surface area contributed by atoms with Crippen molar-refractivity contribution in [2.24, 2.45) is 0 Å². The summed E-state index contributed by atoms with van der Waals surface area (Å²) in [5.74, 6) is 0.414. The number of β-amino-alcohol motifs (C(OH)–C–C–N with tert-alkyl or cyclic N) is 1. The molecule has 2 N–H and O–H groups in total. The second-order valence-corrected chi connectivity index (χ2v) is 7.31. The van der Waals surface area contributed by atoms with E-state index in [1.807, 2.05) is 4.90 Å². The number of rotatable bonds is 5. The number of anilines is 1. The largest absolute Gasteiger partial charge is 0.733 e. The number of aliphatic hydroxyl groups is 1. The third kappa shape index (κ3) is 4.69. The summed E-state index contributed by atoms with van der Waals surface area (Å²) < 4.78 is 43.6. The zero-order valence-corrected chi connectivity index (χ0v) is 16.0. The molecule has 0 amide bonds. The average molecular weight is 435 g/mol. The maximum atomic E-state index is 12.7. The molecule has 0 bridgehead atoms. The lowest BCUT2D eigenvalue weighted by atomic mass is 10.1. The van der Waals surface area contributed by atoms with E-state index in [2.05, 4.69) is 10.1 Å². The van der Waals surface area contributed by atoms with Crippen LogP contribution in [0.2, 0.25) is 0 Å². The zero-order chi connectivity index (χ0) is 22.2. The van der Waals surface area contributed by atoms with E-state index in [-0.39, 0.29) is 28.7 Å². The van der Waals surface area contributed by atoms with E-state index in [1.54, 1.807) is 12.1 Å². The minimum Gasteiger partial charge on any atom is -0.733 e. The van der Waals surface area contributed by atoms with Crippen LogP contribution in [0.25, 0.3) is 11.4 Å². The zero-order valence-electron chi connectivity index (χ0n) is 16.0. The summed E-state index contributed by atoms with van der Waals surface area (Å²) in [6.45, 7) is 0.780. The van der Waals surface area contributed by atoms with Gasteiger partial charge in [-0.3, -0.25) is 10.1 Å². The highest BCUT2D eigenvalue weighted by molar-refractivity contribution is 5.55. The first kappa shape index (κ1) is 21.2. The Morgan fingerprint density at radius 3 is 2.42 bits per heavy atom. The fourth-order valence-corrected chi connectivity index (χ4v) is 3.57. The van der Waals surface area contributed by atoms with Crippen molar-refractivity contribution in [3.05, 3.63) is 70.8 Å². The van der Waals surface area contributed by atoms with Crippen molar-refractivity contribution in [3.8, 4) is 11.4 Å². The van der Waals surface area contributed by atoms with Gasteiger partial charge in [0, 0.05) is 18.7 Å². The number of likely N-dealkylation sites (tertiary alicyclic amines) is 1. The molecule has 1 aliphatic rings. The molecule has 1 aromatic heterocycles. The Balaban J connectivity index is 1.51. The summed E-state index contributed by atoms with van der Waals surface area (Å²) in [5.41, 5.74) is 0.555. The van der Waals surface area contributed by atoms with E-state index < -0.39 is 17.8 Å². The molecule has 0 aliphatic carbocycles. The fourth-order valence-electron chi connectivity index (χ4n) is 3.57. The van der Waals surface area contributed by atoms with Crippen LogP contribution in [0.3, 0.4) is 0 Å². The van der Waals surface area contributed by atoms with Crippen LogP contribution in [0.15, 0.2) is 53.1 Å². The van der Waals surface area contributed by atoms with Gasteiger partial charge in [0.1, 0.15) is 0 Å². The topological polar surface area (TPSA) is 109 Å². The Hall–Kier alpha value is -2.99. The van der Waals surface area contributed by atoms with Crippen LogP contribution in [0.5, 0.6) is 0 Å². The predicted molar refractivity (Wildman–Crippen MR) is 103 cm³/mol. The number of hydrogen-bond acceptors (Lipinski definition) is 8. The number of halogens is 3. The smallest absolute Gasteiger partial charge is 0.416 e. The van der Waals surface area contributed by atoms with Gasteiger partial charge in [0.2, 0.25) is 11.7 Å². The lowest BCUT2D eigenvalue weighted by molar-refractivity contribution is -0.137. The molecule has 11 heteroatoms. The van der Waals surface area contributed by atoms with Crippen LogP contribution in [0.1, 0.15) is 29.5 Å². The van der Waals surface area contributed by atoms with E-state index in [0.717, 1.165) is 17.7 Å². The molecule has 1 saturated heterocycles. The molecule has 2 atom stereocenters. The van der Waals surface area contributed by atoms with E-state index in [1.165, 1.54) is 24.3 Å². The van der Waals surface area contributed by atoms with Gasteiger partial charge >= 0.3 is 6.18 Å². The van der Waals surface area contributed by atoms with Gasteiger partial charge in [0.15, 0.2) is 0 Å². The first-order valence-corrected chi connectivity index (χ1v) is 9.39. The summed E-state index contributed by atoms with van der Waals surface area (Å²) in [6, 6.07) is 10.4. The molecule has 2 heterocycles. The molecule has 8 nitrogen and oxygen atoms in total. The first-order chi connectivity index (χ1) is 14.7. The van der Waals surface area contributed by atoms with Crippen molar-refractivity contribution in [3.63, 3.8) is 0 Å². The van der Waals surface area contributed by atoms with Crippen LogP contribution in [0, 0.1) is 5.21 Å². The van der Waals surface area contributed by atoms with Crippen molar-refractivity contribution in [2.75, 3.05) is 11.8 Å². The molecule has 0 radical (unpaired) electrons. The van der Waals surface area contributed by atoms with Crippen LogP contribution in [-0.4, -0.2) is 38.0 Å². The number of benzene rings is 2. The minimum atomic E-state index is -4.43. The summed E-state index contributed by atoms with van der Waals surface area (Å²) in [5, 5.41) is 33.6. The van der Waals surface area contributed by atoms with Gasteiger partial charge in [-0.2, -0.15) is 18.2 Å². The van der Waals surface area contributed by atoms with E-state index in [4.69, 9.17) is 9.73 Å². The Kier molecular flexibility index (Phi) is 5.67. The normalized spacial score (nSPS) is 19.7. The van der Waals surface area contributed by atoms with Crippen molar-refractivity contribution in [1.82, 2.24) is 15.0 Å². The third-order valence-electron chi connectivity index (χ3n) is 5.12. The Morgan fingerprint density at radius 1 is 1.13 bits per heavy atom. The second kappa shape index (κ2) is 8.27. The number of aliphatic hydroxyl groups excluding tert-OH is 1. The van der Waals surface area contributed by atoms with Gasteiger partial charge in [0.25, 0.3) is 0 Å². The van der Waals surface area contributed by atoms with Crippen LogP contribution in [-0.2, 0) is 12.7 Å². The lowest BCUT2D eigenvalue weighted by Gasteiger charge is -2.23. The predicted octanol–water partition coefficient (Wildman–Crippen LogP) is 3.76. The summed E-state index contributed by atoms with van der Waals surface area (Å²) in [6.07, 6.45) is -4.68. The Morgan fingerprint density at radius 2 is 1.81 bits per heavy atom. The summed E-state index contributed by atoms with van der Waals surface area (Å²) >= 11 is 0. The minimum absolute atomic E-state index is 0.0971. The molecule has 31 heavy (non-hydrogen) atoms. The molecule has 0 unspecified atom stereocenters. The van der Waals surface area contributed by atoms with Gasteiger partial charge in [-0.25, -0.2) is 0 Å². The summed E-state index contributed by atoms with van der Waals surface area (Å²) in [4.78, 5) is 6.25. The van der Waals surface area contributed by atoms with Crippen molar-refractivity contribution in [1.29, 1.82) is 0 Å². The molecule has 1 fully saturated rings. The molecule has 3 aromatic rings. The monoisotopic (exact) mass is 435 g/mol. The molecule has 4 rings (SSSR count). The molecule has 0 spiro atoms. The molecular weight excluding hydrogens is 417 g/mol. The standard InChI is InChI=1S/C20H18F3N4O4/c21-20(22,23)14-5-3-13(4-6-14)18-24-19(31-25-18)17-9-16(28)11-26(17)10-12-1-7-15(8-2-12)27(29)30/h1-8,16-17,28-29H,9-11H2/q-1/t16-,17+/m1/s1. The van der Waals surface area contributed by atoms with E-state index in [9.17, 15) is 23.5 Å². The molecule has 164 valence electrons. The highest BCUT2D eigenvalue weighted by Gasteiger charge is 2.36. The highest BCUT2D eigenvalue weighted by atomic mass is 19.4. The van der Waals surface area contributed by atoms with Crippen LogP contribution in [0.4, 0.5) is 18.9 Å². The van der Waals surface area contributed by atoms with Crippen LogP contribution < -0.4 is 5.23 Å². The van der Waals surface area contributed by atoms with Crippen LogP contribution >= 0.6 is 0 Å². The molecule has 2 aromatic carbocycles. The maximum Gasteiger partial charge on any atom is 0.416 e. The average Bonchev–Trinajstić information content (AvgIpc) is 3.34. The Bertz CT molecular complexity index is 1020. The number of aromatic nitrogens is 2. The van der Waals surface area contributed by atoms with Gasteiger partial charge in [-0.1, -0.05) is 29.4 Å². The Labute approximate surface area is 174 Å². The van der Waals surface area contributed by atoms with Gasteiger partial charge in [0.05, 0.1) is 23.4 Å². The SMILES string of the molecule is [O-]N(O)c1ccc(CN2C[C@H](O)C[C@H]2c2nc(-c3ccc(C(F)(F)F)cc3)no2)cc1. The van der Waals surface area contributed by atoms with Gasteiger partial charge in [-0.05, 0) is 36.2 Å². The van der Waals surface area contributed by atoms with Gasteiger partial charge in [-0.15, -0.1) is 0 Å². The lowest BCUT2D eigenvalue weighted by Crippen LogP contribution is -2.24. The maximum absolute atomic E-state index is 12.7. The quantitative estimate of drug-likeness (QED) is 0.583. The third-order valence-corrected chi connectivity index (χ3v) is 5.12. The van der Waals surface area contributed by atoms with E-state index in [0.29, 0.717) is 25.1 Å². The van der Waals surface area contributed by atoms with Gasteiger partial charge < -0.3 is 20.1 Å². The summed E-state index contributed by atoms with van der Waals surface area (Å²) in [7, 11) is 0. The fraction of sp³-hybridized carbons (Fsp3) is 0.300. The second-order valence-electron chi connectivity index (χ2n) is 7.31. The first-order valence-electron chi connectivity index (χ1n) is 9.39. The molecular formula is C20H18F3N4O4-.